The number of aliphatic hydroxyl groups excluding tert-OH is 1. The molecule has 3 N–H and O–H groups in total. The largest absolute Gasteiger partial charge is 0.508 e. The van der Waals surface area contributed by atoms with E-state index < -0.39 is 0 Å². The van der Waals surface area contributed by atoms with Gasteiger partial charge in [-0.25, -0.2) is 4.98 Å². The Hall–Kier alpha value is -2.37. The highest BCUT2D eigenvalue weighted by Crippen LogP contribution is 2.24. The van der Waals surface area contributed by atoms with Gasteiger partial charge in [0, 0.05) is 19.2 Å². The Balaban J connectivity index is 1.85. The van der Waals surface area contributed by atoms with Gasteiger partial charge in [0.1, 0.15) is 11.6 Å². The van der Waals surface area contributed by atoms with Gasteiger partial charge in [-0.15, -0.1) is 0 Å². The standard InChI is InChI=1S/C18H21N3O2/c1-13(18-19-16-8-7-15(23)11-17(16)20-18)21(9-10-22)12-14-5-3-2-4-6-14/h2-8,11,13,22-23H,9-10,12H2,1H3,(H,19,20). The Morgan fingerprint density at radius 2 is 1.96 bits per heavy atom. The van der Waals surface area contributed by atoms with Crippen LogP contribution in [0.1, 0.15) is 24.4 Å². The minimum Gasteiger partial charge on any atom is -0.508 e. The van der Waals surface area contributed by atoms with E-state index in [-0.39, 0.29) is 18.4 Å². The van der Waals surface area contributed by atoms with Crippen molar-refractivity contribution in [3.63, 3.8) is 0 Å². The fourth-order valence-corrected chi connectivity index (χ4v) is 2.74. The monoisotopic (exact) mass is 311 g/mol. The summed E-state index contributed by atoms with van der Waals surface area (Å²) < 4.78 is 0. The molecule has 5 nitrogen and oxygen atoms in total. The van der Waals surface area contributed by atoms with Crippen molar-refractivity contribution in [2.24, 2.45) is 0 Å². The molecule has 23 heavy (non-hydrogen) atoms. The van der Waals surface area contributed by atoms with Crippen molar-refractivity contribution >= 4 is 11.0 Å². The molecule has 0 aliphatic rings. The van der Waals surface area contributed by atoms with Crippen molar-refractivity contribution in [3.8, 4) is 5.75 Å². The van der Waals surface area contributed by atoms with Gasteiger partial charge in [0.25, 0.3) is 0 Å². The molecule has 3 rings (SSSR count). The molecule has 0 saturated heterocycles. The van der Waals surface area contributed by atoms with Crippen LogP contribution in [0.4, 0.5) is 0 Å². The number of aromatic amines is 1. The van der Waals surface area contributed by atoms with E-state index in [1.807, 2.05) is 18.2 Å². The van der Waals surface area contributed by atoms with E-state index in [1.54, 1.807) is 18.2 Å². The van der Waals surface area contributed by atoms with Gasteiger partial charge in [0.15, 0.2) is 0 Å². The molecule has 0 bridgehead atoms. The summed E-state index contributed by atoms with van der Waals surface area (Å²) in [5.74, 6) is 1.05. The predicted molar refractivity (Wildman–Crippen MR) is 90.1 cm³/mol. The lowest BCUT2D eigenvalue weighted by molar-refractivity contribution is 0.147. The molecule has 1 heterocycles. The Labute approximate surface area is 135 Å². The quantitative estimate of drug-likeness (QED) is 0.654. The number of phenols is 1. The molecule has 1 aromatic heterocycles. The highest BCUT2D eigenvalue weighted by atomic mass is 16.3. The third kappa shape index (κ3) is 3.52. The first-order valence-electron chi connectivity index (χ1n) is 7.75. The van der Waals surface area contributed by atoms with Gasteiger partial charge in [-0.05, 0) is 24.6 Å². The molecular formula is C18H21N3O2. The minimum absolute atomic E-state index is 0.0249. The number of hydrogen-bond donors (Lipinski definition) is 3. The second-order valence-corrected chi connectivity index (χ2v) is 5.68. The van der Waals surface area contributed by atoms with Gasteiger partial charge < -0.3 is 15.2 Å². The maximum absolute atomic E-state index is 9.58. The Morgan fingerprint density at radius 1 is 1.17 bits per heavy atom. The van der Waals surface area contributed by atoms with Crippen molar-refractivity contribution in [1.29, 1.82) is 0 Å². The van der Waals surface area contributed by atoms with Gasteiger partial charge in [0.2, 0.25) is 0 Å². The lowest BCUT2D eigenvalue weighted by Crippen LogP contribution is -2.30. The number of fused-ring (bicyclic) bond motifs is 1. The van der Waals surface area contributed by atoms with Gasteiger partial charge in [-0.1, -0.05) is 30.3 Å². The molecule has 1 atom stereocenters. The van der Waals surface area contributed by atoms with Crippen molar-refractivity contribution in [2.45, 2.75) is 19.5 Å². The van der Waals surface area contributed by atoms with Crippen LogP contribution >= 0.6 is 0 Å². The van der Waals surface area contributed by atoms with Crippen LogP contribution in [-0.4, -0.2) is 38.2 Å². The molecule has 1 unspecified atom stereocenters. The van der Waals surface area contributed by atoms with Gasteiger partial charge in [-0.3, -0.25) is 4.90 Å². The summed E-state index contributed by atoms with van der Waals surface area (Å²) in [6.45, 7) is 3.47. The Kier molecular flexibility index (Phi) is 4.60. The third-order valence-corrected chi connectivity index (χ3v) is 4.04. The number of aliphatic hydroxyl groups is 1. The van der Waals surface area contributed by atoms with E-state index in [2.05, 4.69) is 33.9 Å². The number of benzene rings is 2. The van der Waals surface area contributed by atoms with Gasteiger partial charge >= 0.3 is 0 Å². The van der Waals surface area contributed by atoms with Gasteiger partial charge in [-0.2, -0.15) is 0 Å². The van der Waals surface area contributed by atoms with Crippen LogP contribution in [0.15, 0.2) is 48.5 Å². The van der Waals surface area contributed by atoms with Crippen LogP contribution in [0, 0.1) is 0 Å². The maximum atomic E-state index is 9.58. The normalized spacial score (nSPS) is 12.8. The fraction of sp³-hybridized carbons (Fsp3) is 0.278. The zero-order valence-corrected chi connectivity index (χ0v) is 13.1. The summed E-state index contributed by atoms with van der Waals surface area (Å²) in [6.07, 6.45) is 0. The van der Waals surface area contributed by atoms with Crippen LogP contribution in [-0.2, 0) is 6.54 Å². The molecule has 120 valence electrons. The van der Waals surface area contributed by atoms with Crippen molar-refractivity contribution in [1.82, 2.24) is 14.9 Å². The van der Waals surface area contributed by atoms with E-state index in [9.17, 15) is 10.2 Å². The lowest BCUT2D eigenvalue weighted by atomic mass is 10.1. The number of aromatic nitrogens is 2. The van der Waals surface area contributed by atoms with Crippen LogP contribution in [0.3, 0.4) is 0 Å². The first-order valence-corrected chi connectivity index (χ1v) is 7.75. The fourth-order valence-electron chi connectivity index (χ4n) is 2.74. The molecule has 0 aliphatic heterocycles. The Morgan fingerprint density at radius 3 is 2.70 bits per heavy atom. The van der Waals surface area contributed by atoms with Crippen LogP contribution in [0.5, 0.6) is 5.75 Å². The highest BCUT2D eigenvalue weighted by molar-refractivity contribution is 5.76. The van der Waals surface area contributed by atoms with Crippen LogP contribution < -0.4 is 0 Å². The Bertz CT molecular complexity index is 770. The summed E-state index contributed by atoms with van der Waals surface area (Å²) >= 11 is 0. The number of aromatic hydroxyl groups is 1. The first-order chi connectivity index (χ1) is 11.2. The predicted octanol–water partition coefficient (Wildman–Crippen LogP) is 2.82. The molecule has 3 aromatic rings. The smallest absolute Gasteiger partial charge is 0.124 e. The van der Waals surface area contributed by atoms with Crippen molar-refractivity contribution in [3.05, 3.63) is 59.9 Å². The molecule has 0 aliphatic carbocycles. The first kappa shape index (κ1) is 15.5. The second-order valence-electron chi connectivity index (χ2n) is 5.68. The molecular weight excluding hydrogens is 290 g/mol. The van der Waals surface area contributed by atoms with E-state index in [4.69, 9.17) is 0 Å². The molecule has 2 aromatic carbocycles. The number of nitrogens with one attached hydrogen (secondary N) is 1. The second kappa shape index (κ2) is 6.81. The van der Waals surface area contributed by atoms with E-state index in [0.717, 1.165) is 23.4 Å². The summed E-state index contributed by atoms with van der Waals surface area (Å²) in [4.78, 5) is 10.0. The van der Waals surface area contributed by atoms with Crippen LogP contribution in [0.25, 0.3) is 11.0 Å². The zero-order chi connectivity index (χ0) is 16.2. The zero-order valence-electron chi connectivity index (χ0n) is 13.1. The number of hydrogen-bond acceptors (Lipinski definition) is 4. The third-order valence-electron chi connectivity index (χ3n) is 4.04. The molecule has 0 amide bonds. The summed E-state index contributed by atoms with van der Waals surface area (Å²) in [7, 11) is 0. The molecule has 0 radical (unpaired) electrons. The number of rotatable bonds is 6. The molecule has 0 fully saturated rings. The summed E-state index contributed by atoms with van der Waals surface area (Å²) in [6, 6.07) is 15.3. The SMILES string of the molecule is CC(c1nc2ccc(O)cc2[nH]1)N(CCO)Cc1ccccc1. The summed E-state index contributed by atoms with van der Waals surface area (Å²) in [5.41, 5.74) is 2.84. The van der Waals surface area contributed by atoms with Crippen LogP contribution in [0.2, 0.25) is 0 Å². The summed E-state index contributed by atoms with van der Waals surface area (Å²) in [5, 5.41) is 19.0. The van der Waals surface area contributed by atoms with E-state index in [0.29, 0.717) is 6.54 Å². The maximum Gasteiger partial charge on any atom is 0.124 e. The molecule has 0 spiro atoms. The average Bonchev–Trinajstić information content (AvgIpc) is 2.98. The van der Waals surface area contributed by atoms with E-state index in [1.165, 1.54) is 5.56 Å². The van der Waals surface area contributed by atoms with Crippen molar-refractivity contribution in [2.75, 3.05) is 13.2 Å². The minimum atomic E-state index is 0.0249. The average molecular weight is 311 g/mol. The molecule has 0 saturated carbocycles. The number of imidazole rings is 1. The van der Waals surface area contributed by atoms with Gasteiger partial charge in [0.05, 0.1) is 23.7 Å². The number of H-pyrrole nitrogens is 1. The topological polar surface area (TPSA) is 72.4 Å². The lowest BCUT2D eigenvalue weighted by Gasteiger charge is -2.27. The van der Waals surface area contributed by atoms with E-state index >= 15 is 0 Å². The number of phenolic OH excluding ortho intramolecular Hbond substituents is 1. The molecule has 5 heteroatoms. The van der Waals surface area contributed by atoms with Crippen molar-refractivity contribution < 1.29 is 10.2 Å². The number of nitrogens with zero attached hydrogens (tertiary/aromatic N) is 2. The highest BCUT2D eigenvalue weighted by Gasteiger charge is 2.19.